The second-order valence-corrected chi connectivity index (χ2v) is 4.92. The normalized spacial score (nSPS) is 10.5. The molecule has 110 valence electrons. The number of nitrogens with zero attached hydrogens (tertiary/aromatic N) is 3. The number of hydrogen-bond donors (Lipinski definition) is 2. The van der Waals surface area contributed by atoms with E-state index in [0.717, 1.165) is 11.3 Å². The molecule has 0 bridgehead atoms. The van der Waals surface area contributed by atoms with E-state index in [1.54, 1.807) is 0 Å². The summed E-state index contributed by atoms with van der Waals surface area (Å²) in [7, 11) is 0. The first kappa shape index (κ1) is 14.7. The van der Waals surface area contributed by atoms with Crippen molar-refractivity contribution in [2.24, 2.45) is 0 Å². The van der Waals surface area contributed by atoms with Gasteiger partial charge in [0.15, 0.2) is 0 Å². The highest BCUT2D eigenvalue weighted by Gasteiger charge is 2.23. The van der Waals surface area contributed by atoms with Crippen molar-refractivity contribution in [3.8, 4) is 0 Å². The summed E-state index contributed by atoms with van der Waals surface area (Å²) in [6, 6.07) is 7.56. The number of aromatic nitrogens is 2. The first-order valence-corrected chi connectivity index (χ1v) is 6.57. The minimum absolute atomic E-state index is 0.0323. The van der Waals surface area contributed by atoms with E-state index in [0.29, 0.717) is 0 Å². The topological polar surface area (TPSA) is 93.0 Å². The third-order valence-corrected chi connectivity index (χ3v) is 2.83. The van der Waals surface area contributed by atoms with Crippen LogP contribution in [0.25, 0.3) is 0 Å². The first-order chi connectivity index (χ1) is 9.99. The Morgan fingerprint density at radius 2 is 1.86 bits per heavy atom. The van der Waals surface area contributed by atoms with Crippen LogP contribution in [-0.2, 0) is 0 Å². The third-order valence-electron chi connectivity index (χ3n) is 2.83. The van der Waals surface area contributed by atoms with Gasteiger partial charge < -0.3 is 10.6 Å². The van der Waals surface area contributed by atoms with Gasteiger partial charge in [0.2, 0.25) is 11.6 Å². The van der Waals surface area contributed by atoms with Crippen LogP contribution < -0.4 is 10.6 Å². The number of nitro groups is 1. The quantitative estimate of drug-likeness (QED) is 0.647. The molecule has 1 aromatic carbocycles. The van der Waals surface area contributed by atoms with Crippen LogP contribution in [0.15, 0.2) is 30.6 Å². The van der Waals surface area contributed by atoms with Gasteiger partial charge in [-0.3, -0.25) is 10.1 Å². The van der Waals surface area contributed by atoms with Gasteiger partial charge >= 0.3 is 5.69 Å². The number of benzene rings is 1. The zero-order valence-electron chi connectivity index (χ0n) is 12.1. The van der Waals surface area contributed by atoms with Crippen molar-refractivity contribution in [3.63, 3.8) is 0 Å². The minimum Gasteiger partial charge on any atom is -0.362 e. The fourth-order valence-corrected chi connectivity index (χ4v) is 1.86. The molecule has 0 aliphatic rings. The van der Waals surface area contributed by atoms with Crippen molar-refractivity contribution in [2.45, 2.75) is 26.8 Å². The smallest absolute Gasteiger partial charge is 0.353 e. The van der Waals surface area contributed by atoms with E-state index in [1.165, 1.54) is 6.33 Å². The predicted molar refractivity (Wildman–Crippen MR) is 81.9 cm³/mol. The van der Waals surface area contributed by atoms with Gasteiger partial charge in [0.25, 0.3) is 0 Å². The largest absolute Gasteiger partial charge is 0.362 e. The molecule has 1 heterocycles. The molecule has 0 amide bonds. The Morgan fingerprint density at radius 1 is 1.19 bits per heavy atom. The highest BCUT2D eigenvalue weighted by molar-refractivity contribution is 5.74. The molecule has 2 rings (SSSR count). The summed E-state index contributed by atoms with van der Waals surface area (Å²) in [5.41, 5.74) is 1.59. The standard InChI is InChI=1S/C14H17N5O2/c1-9(2)17-13-12(19(20)21)14(16-8-15-13)18-11-7-5-4-6-10(11)3/h4-9H,1-3H3,(H2,15,16,17,18). The summed E-state index contributed by atoms with van der Waals surface area (Å²) in [5, 5.41) is 17.3. The lowest BCUT2D eigenvalue weighted by Gasteiger charge is -2.12. The molecule has 0 radical (unpaired) electrons. The third kappa shape index (κ3) is 3.44. The van der Waals surface area contributed by atoms with Crippen molar-refractivity contribution in [1.29, 1.82) is 0 Å². The first-order valence-electron chi connectivity index (χ1n) is 6.57. The Balaban J connectivity index is 2.44. The molecule has 2 N–H and O–H groups in total. The summed E-state index contributed by atoms with van der Waals surface area (Å²) >= 11 is 0. The number of anilines is 3. The Bertz CT molecular complexity index is 658. The van der Waals surface area contributed by atoms with Crippen LogP contribution in [0.5, 0.6) is 0 Å². The maximum atomic E-state index is 11.3. The number of aryl methyl sites for hydroxylation is 1. The fraction of sp³-hybridized carbons (Fsp3) is 0.286. The van der Waals surface area contributed by atoms with E-state index < -0.39 is 4.92 Å². The van der Waals surface area contributed by atoms with Crippen molar-refractivity contribution in [2.75, 3.05) is 10.6 Å². The van der Waals surface area contributed by atoms with Crippen LogP contribution in [-0.4, -0.2) is 20.9 Å². The molecule has 1 aromatic heterocycles. The molecule has 7 nitrogen and oxygen atoms in total. The van der Waals surface area contributed by atoms with Crippen LogP contribution in [0, 0.1) is 17.0 Å². The minimum atomic E-state index is -0.481. The summed E-state index contributed by atoms with van der Waals surface area (Å²) in [6.45, 7) is 5.70. The molecule has 0 unspecified atom stereocenters. The molecule has 0 spiro atoms. The van der Waals surface area contributed by atoms with Crippen molar-refractivity contribution in [3.05, 3.63) is 46.3 Å². The van der Waals surface area contributed by atoms with E-state index in [2.05, 4.69) is 20.6 Å². The van der Waals surface area contributed by atoms with Gasteiger partial charge in [0.1, 0.15) is 6.33 Å². The molecule has 0 saturated carbocycles. The van der Waals surface area contributed by atoms with Crippen molar-refractivity contribution < 1.29 is 4.92 Å². The lowest BCUT2D eigenvalue weighted by atomic mass is 10.2. The maximum absolute atomic E-state index is 11.3. The monoisotopic (exact) mass is 287 g/mol. The van der Waals surface area contributed by atoms with Gasteiger partial charge in [0, 0.05) is 11.7 Å². The fourth-order valence-electron chi connectivity index (χ4n) is 1.86. The predicted octanol–water partition coefficient (Wildman–Crippen LogP) is 3.26. The summed E-state index contributed by atoms with van der Waals surface area (Å²) in [5.74, 6) is 0.383. The van der Waals surface area contributed by atoms with E-state index in [-0.39, 0.29) is 23.4 Å². The molecule has 0 saturated heterocycles. The van der Waals surface area contributed by atoms with Crippen molar-refractivity contribution in [1.82, 2.24) is 9.97 Å². The second-order valence-electron chi connectivity index (χ2n) is 4.92. The molecule has 7 heteroatoms. The molecule has 0 fully saturated rings. The van der Waals surface area contributed by atoms with E-state index in [4.69, 9.17) is 0 Å². The van der Waals surface area contributed by atoms with Crippen LogP contribution in [0.4, 0.5) is 23.0 Å². The highest BCUT2D eigenvalue weighted by Crippen LogP contribution is 2.32. The van der Waals surface area contributed by atoms with Gasteiger partial charge in [-0.25, -0.2) is 9.97 Å². The maximum Gasteiger partial charge on any atom is 0.353 e. The van der Waals surface area contributed by atoms with Gasteiger partial charge in [-0.15, -0.1) is 0 Å². The van der Waals surface area contributed by atoms with Gasteiger partial charge in [-0.05, 0) is 32.4 Å². The Hall–Kier alpha value is -2.70. The zero-order chi connectivity index (χ0) is 15.4. The van der Waals surface area contributed by atoms with Gasteiger partial charge in [-0.2, -0.15) is 0 Å². The van der Waals surface area contributed by atoms with Crippen molar-refractivity contribution >= 4 is 23.0 Å². The van der Waals surface area contributed by atoms with Gasteiger partial charge in [0.05, 0.1) is 4.92 Å². The lowest BCUT2D eigenvalue weighted by Crippen LogP contribution is -2.14. The van der Waals surface area contributed by atoms with E-state index >= 15 is 0 Å². The SMILES string of the molecule is Cc1ccccc1Nc1ncnc(NC(C)C)c1[N+](=O)[O-]. The van der Waals surface area contributed by atoms with Crippen LogP contribution >= 0.6 is 0 Å². The summed E-state index contributed by atoms with van der Waals surface area (Å²) in [4.78, 5) is 18.8. The van der Waals surface area contributed by atoms with Crippen LogP contribution in [0.3, 0.4) is 0 Å². The van der Waals surface area contributed by atoms with Crippen LogP contribution in [0.1, 0.15) is 19.4 Å². The molecular weight excluding hydrogens is 270 g/mol. The molecule has 2 aromatic rings. The highest BCUT2D eigenvalue weighted by atomic mass is 16.6. The lowest BCUT2D eigenvalue weighted by molar-refractivity contribution is -0.383. The van der Waals surface area contributed by atoms with Gasteiger partial charge in [-0.1, -0.05) is 18.2 Å². The molecule has 21 heavy (non-hydrogen) atoms. The number of rotatable bonds is 5. The second kappa shape index (κ2) is 6.17. The molecule has 0 aliphatic carbocycles. The average Bonchev–Trinajstić information content (AvgIpc) is 2.40. The Morgan fingerprint density at radius 3 is 2.48 bits per heavy atom. The summed E-state index contributed by atoms with van der Waals surface area (Å²) in [6.07, 6.45) is 1.30. The Kier molecular flexibility index (Phi) is 4.32. The molecule has 0 aliphatic heterocycles. The zero-order valence-corrected chi connectivity index (χ0v) is 12.1. The number of hydrogen-bond acceptors (Lipinski definition) is 6. The molecule has 0 atom stereocenters. The molecular formula is C14H17N5O2. The van der Waals surface area contributed by atoms with E-state index in [1.807, 2.05) is 45.0 Å². The number of para-hydroxylation sites is 1. The van der Waals surface area contributed by atoms with Crippen LogP contribution in [0.2, 0.25) is 0 Å². The average molecular weight is 287 g/mol. The summed E-state index contributed by atoms with van der Waals surface area (Å²) < 4.78 is 0. The van der Waals surface area contributed by atoms with E-state index in [9.17, 15) is 10.1 Å². The number of nitrogens with one attached hydrogen (secondary N) is 2. The Labute approximate surface area is 122 Å².